The van der Waals surface area contributed by atoms with Crippen LogP contribution in [-0.4, -0.2) is 26.8 Å². The van der Waals surface area contributed by atoms with Crippen molar-refractivity contribution in [3.63, 3.8) is 0 Å². The Balaban J connectivity index is 1.79. The van der Waals surface area contributed by atoms with E-state index in [0.29, 0.717) is 33.6 Å². The molecule has 0 atom stereocenters. The minimum absolute atomic E-state index is 0.0579. The molecule has 0 spiro atoms. The number of rotatable bonds is 5. The summed E-state index contributed by atoms with van der Waals surface area (Å²) in [7, 11) is 1.49. The predicted molar refractivity (Wildman–Crippen MR) is 134 cm³/mol. The van der Waals surface area contributed by atoms with Gasteiger partial charge in [0.1, 0.15) is 21.8 Å². The molecule has 5 rings (SSSR count). The van der Waals surface area contributed by atoms with Crippen LogP contribution in [0.1, 0.15) is 17.0 Å². The van der Waals surface area contributed by atoms with Gasteiger partial charge in [0.05, 0.1) is 19.2 Å². The smallest absolute Gasteiger partial charge is 0.354 e. The molecule has 1 N–H and O–H groups in total. The van der Waals surface area contributed by atoms with Gasteiger partial charge >= 0.3 is 5.63 Å². The van der Waals surface area contributed by atoms with E-state index >= 15 is 0 Å². The molecule has 0 aliphatic carbocycles. The lowest BCUT2D eigenvalue weighted by Crippen LogP contribution is -2.23. The summed E-state index contributed by atoms with van der Waals surface area (Å²) < 4.78 is 25.8. The number of pyridine rings is 1. The van der Waals surface area contributed by atoms with Gasteiger partial charge in [-0.3, -0.25) is 4.79 Å². The molecular weight excluding hydrogens is 485 g/mol. The lowest BCUT2D eigenvalue weighted by Gasteiger charge is -2.15. The fourth-order valence-corrected chi connectivity index (χ4v) is 4.94. The van der Waals surface area contributed by atoms with Crippen LogP contribution in [-0.2, 0) is 6.54 Å². The second-order valence-corrected chi connectivity index (χ2v) is 9.19. The standard InChI is InChI=1S/C26H20FN3O5S/c1-13-10-14(2)29-26(28-13)36-23-21(31)20-22(35-25(23)33)18-11-17(34-3)8-9-19(18)30(24(20)32)12-15-4-6-16(27)7-5-15/h4-11,31H,12H2,1-3H3. The minimum atomic E-state index is -0.826. The zero-order valence-corrected chi connectivity index (χ0v) is 20.4. The molecule has 0 aliphatic rings. The van der Waals surface area contributed by atoms with Gasteiger partial charge in [0.15, 0.2) is 16.5 Å². The van der Waals surface area contributed by atoms with E-state index in [-0.39, 0.29) is 27.6 Å². The maximum atomic E-state index is 13.7. The number of halogens is 1. The van der Waals surface area contributed by atoms with E-state index in [9.17, 15) is 19.1 Å². The predicted octanol–water partition coefficient (Wildman–Crippen LogP) is 4.57. The Morgan fingerprint density at radius 3 is 2.42 bits per heavy atom. The Morgan fingerprint density at radius 2 is 1.75 bits per heavy atom. The molecule has 0 amide bonds. The van der Waals surface area contributed by atoms with Crippen LogP contribution < -0.4 is 15.9 Å². The van der Waals surface area contributed by atoms with E-state index in [1.54, 1.807) is 50.2 Å². The third-order valence-corrected chi connectivity index (χ3v) is 6.60. The lowest BCUT2D eigenvalue weighted by molar-refractivity contribution is 0.415. The van der Waals surface area contributed by atoms with Crippen molar-refractivity contribution in [1.29, 1.82) is 0 Å². The summed E-state index contributed by atoms with van der Waals surface area (Å²) in [6, 6.07) is 12.5. The number of nitrogens with zero attached hydrogens (tertiary/aromatic N) is 3. The van der Waals surface area contributed by atoms with Crippen LogP contribution in [0.15, 0.2) is 72.6 Å². The van der Waals surface area contributed by atoms with Crippen LogP contribution in [0.25, 0.3) is 21.9 Å². The quantitative estimate of drug-likeness (QED) is 0.274. The number of hydrogen-bond donors (Lipinski definition) is 1. The summed E-state index contributed by atoms with van der Waals surface area (Å²) in [5.74, 6) is -0.439. The lowest BCUT2D eigenvalue weighted by atomic mass is 10.1. The van der Waals surface area contributed by atoms with Crippen LogP contribution in [0.3, 0.4) is 0 Å². The van der Waals surface area contributed by atoms with Gasteiger partial charge in [-0.25, -0.2) is 19.2 Å². The molecule has 0 bridgehead atoms. The Kier molecular flexibility index (Phi) is 5.97. The van der Waals surface area contributed by atoms with Crippen LogP contribution in [0.5, 0.6) is 11.5 Å². The topological polar surface area (TPSA) is 107 Å². The third kappa shape index (κ3) is 4.20. The molecule has 3 aromatic heterocycles. The number of hydrogen-bond acceptors (Lipinski definition) is 8. The van der Waals surface area contributed by atoms with E-state index in [0.717, 1.165) is 11.8 Å². The Labute approximate surface area is 208 Å². The van der Waals surface area contributed by atoms with Crippen molar-refractivity contribution in [2.75, 3.05) is 7.11 Å². The van der Waals surface area contributed by atoms with Gasteiger partial charge in [-0.1, -0.05) is 12.1 Å². The summed E-state index contributed by atoms with van der Waals surface area (Å²) in [5.41, 5.74) is 1.05. The first-order chi connectivity index (χ1) is 17.2. The van der Waals surface area contributed by atoms with Gasteiger partial charge in [-0.15, -0.1) is 0 Å². The molecular formula is C26H20FN3O5S. The monoisotopic (exact) mass is 505 g/mol. The largest absolute Gasteiger partial charge is 0.505 e. The Bertz CT molecular complexity index is 1740. The summed E-state index contributed by atoms with van der Waals surface area (Å²) in [6.07, 6.45) is 0. The Morgan fingerprint density at radius 1 is 1.06 bits per heavy atom. The molecule has 10 heteroatoms. The van der Waals surface area contributed by atoms with E-state index in [1.165, 1.54) is 23.8 Å². The second kappa shape index (κ2) is 9.12. The normalized spacial score (nSPS) is 11.3. The molecule has 36 heavy (non-hydrogen) atoms. The van der Waals surface area contributed by atoms with Crippen LogP contribution in [0.4, 0.5) is 4.39 Å². The van der Waals surface area contributed by atoms with Crippen molar-refractivity contribution in [2.24, 2.45) is 0 Å². The number of aryl methyl sites for hydroxylation is 2. The van der Waals surface area contributed by atoms with Crippen molar-refractivity contribution in [3.8, 4) is 11.5 Å². The van der Waals surface area contributed by atoms with E-state index in [4.69, 9.17) is 9.15 Å². The van der Waals surface area contributed by atoms with Gasteiger partial charge in [0.25, 0.3) is 5.56 Å². The molecule has 0 radical (unpaired) electrons. The number of fused-ring (bicyclic) bond motifs is 3. The van der Waals surface area contributed by atoms with Crippen molar-refractivity contribution in [3.05, 3.63) is 92.1 Å². The molecule has 3 heterocycles. The van der Waals surface area contributed by atoms with Gasteiger partial charge in [0.2, 0.25) is 0 Å². The first-order valence-corrected chi connectivity index (χ1v) is 11.7. The SMILES string of the molecule is COc1ccc2c(c1)c1oc(=O)c(Sc3nc(C)cc(C)n3)c(O)c1c(=O)n2Cc1ccc(F)cc1. The zero-order chi connectivity index (χ0) is 25.6. The van der Waals surface area contributed by atoms with E-state index < -0.39 is 22.8 Å². The fourth-order valence-electron chi connectivity index (χ4n) is 4.05. The summed E-state index contributed by atoms with van der Waals surface area (Å²) in [6.45, 7) is 3.67. The summed E-state index contributed by atoms with van der Waals surface area (Å²) in [4.78, 5) is 35.1. The van der Waals surface area contributed by atoms with Gasteiger partial charge in [-0.05, 0) is 67.6 Å². The highest BCUT2D eigenvalue weighted by molar-refractivity contribution is 7.99. The summed E-state index contributed by atoms with van der Waals surface area (Å²) >= 11 is 0.824. The highest BCUT2D eigenvalue weighted by atomic mass is 32.2. The number of ether oxygens (including phenoxy) is 1. The number of benzene rings is 2. The maximum absolute atomic E-state index is 13.7. The van der Waals surface area contributed by atoms with Crippen LogP contribution >= 0.6 is 11.8 Å². The van der Waals surface area contributed by atoms with Gasteiger partial charge < -0.3 is 18.8 Å². The molecule has 0 saturated carbocycles. The molecule has 2 aromatic carbocycles. The maximum Gasteiger partial charge on any atom is 0.354 e. The van der Waals surface area contributed by atoms with E-state index in [2.05, 4.69) is 9.97 Å². The zero-order valence-electron chi connectivity index (χ0n) is 19.5. The number of methoxy groups -OCH3 is 1. The molecule has 182 valence electrons. The van der Waals surface area contributed by atoms with Gasteiger partial charge in [-0.2, -0.15) is 0 Å². The molecule has 0 unspecified atom stereocenters. The number of aromatic nitrogens is 3. The van der Waals surface area contributed by atoms with E-state index in [1.807, 2.05) is 0 Å². The second-order valence-electron chi connectivity index (χ2n) is 8.21. The van der Waals surface area contributed by atoms with Crippen molar-refractivity contribution >= 4 is 33.6 Å². The fraction of sp³-hybridized carbons (Fsp3) is 0.154. The van der Waals surface area contributed by atoms with Crippen LogP contribution in [0, 0.1) is 19.7 Å². The van der Waals surface area contributed by atoms with Crippen LogP contribution in [0.2, 0.25) is 0 Å². The molecule has 0 saturated heterocycles. The van der Waals surface area contributed by atoms with Crippen molar-refractivity contribution in [2.45, 2.75) is 30.4 Å². The number of aromatic hydroxyl groups is 1. The molecule has 5 aromatic rings. The summed E-state index contributed by atoms with van der Waals surface area (Å²) in [5, 5.41) is 11.7. The van der Waals surface area contributed by atoms with Gasteiger partial charge in [0, 0.05) is 16.8 Å². The van der Waals surface area contributed by atoms with Crippen molar-refractivity contribution < 1.29 is 18.7 Å². The first kappa shape index (κ1) is 23.6. The average Bonchev–Trinajstić information content (AvgIpc) is 2.84. The average molecular weight is 506 g/mol. The minimum Gasteiger partial charge on any atom is -0.505 e. The highest BCUT2D eigenvalue weighted by Gasteiger charge is 2.23. The first-order valence-electron chi connectivity index (χ1n) is 10.9. The molecule has 0 fully saturated rings. The molecule has 8 nitrogen and oxygen atoms in total. The molecule has 0 aliphatic heterocycles. The highest BCUT2D eigenvalue weighted by Crippen LogP contribution is 2.37. The Hall–Kier alpha value is -4.18. The third-order valence-electron chi connectivity index (χ3n) is 5.67. The van der Waals surface area contributed by atoms with Crippen molar-refractivity contribution in [1.82, 2.24) is 14.5 Å².